The predicted octanol–water partition coefficient (Wildman–Crippen LogP) is 1.08. The molecule has 1 amide bonds. The molecule has 1 rings (SSSR count). The predicted molar refractivity (Wildman–Crippen MR) is 67.2 cm³/mol. The van der Waals surface area contributed by atoms with Crippen molar-refractivity contribution in [2.75, 3.05) is 18.2 Å². The first kappa shape index (κ1) is 13.9. The summed E-state index contributed by atoms with van der Waals surface area (Å²) in [5.74, 6) is -0.392. The van der Waals surface area contributed by atoms with Gasteiger partial charge in [0.05, 0.1) is 18.1 Å². The third-order valence-electron chi connectivity index (χ3n) is 1.80. The second-order valence-electron chi connectivity index (χ2n) is 3.14. The fourth-order valence-corrected chi connectivity index (χ4v) is 2.19. The molecular formula is C9H13N3O3S2. The van der Waals surface area contributed by atoms with E-state index in [-0.39, 0.29) is 22.9 Å². The summed E-state index contributed by atoms with van der Waals surface area (Å²) in [6.07, 6.45) is 0. The molecule has 1 atom stereocenters. The van der Waals surface area contributed by atoms with E-state index in [1.165, 1.54) is 30.2 Å². The van der Waals surface area contributed by atoms with Crippen LogP contribution in [-0.4, -0.2) is 40.2 Å². The number of hydrogen-bond donors (Lipinski definition) is 1. The number of nitrogens with one attached hydrogen (secondary N) is 1. The molecule has 17 heavy (non-hydrogen) atoms. The van der Waals surface area contributed by atoms with E-state index < -0.39 is 0 Å². The lowest BCUT2D eigenvalue weighted by molar-refractivity contribution is -0.137. The lowest BCUT2D eigenvalue weighted by Crippen LogP contribution is -2.23. The zero-order valence-corrected chi connectivity index (χ0v) is 11.4. The van der Waals surface area contributed by atoms with Crippen LogP contribution in [0.15, 0.2) is 0 Å². The molecule has 94 valence electrons. The number of ether oxygens (including phenoxy) is 1. The van der Waals surface area contributed by atoms with Gasteiger partial charge in [-0.1, -0.05) is 11.3 Å². The number of methoxy groups -OCH3 is 1. The van der Waals surface area contributed by atoms with Gasteiger partial charge in [-0.3, -0.25) is 14.9 Å². The van der Waals surface area contributed by atoms with E-state index >= 15 is 0 Å². The molecule has 0 aliphatic heterocycles. The summed E-state index contributed by atoms with van der Waals surface area (Å²) in [4.78, 5) is 22.6. The first-order chi connectivity index (χ1) is 8.02. The Kier molecular flexibility index (Phi) is 5.36. The number of anilines is 1. The topological polar surface area (TPSA) is 81.2 Å². The number of nitrogens with zero attached hydrogens (tertiary/aromatic N) is 2. The Bertz CT molecular complexity index is 408. The van der Waals surface area contributed by atoms with Gasteiger partial charge >= 0.3 is 5.97 Å². The molecule has 0 aromatic carbocycles. The molecule has 0 unspecified atom stereocenters. The van der Waals surface area contributed by atoms with Gasteiger partial charge in [0, 0.05) is 0 Å². The summed E-state index contributed by atoms with van der Waals surface area (Å²) in [5.41, 5.74) is 0. The van der Waals surface area contributed by atoms with Crippen LogP contribution in [0.5, 0.6) is 0 Å². The van der Waals surface area contributed by atoms with Crippen molar-refractivity contribution in [1.82, 2.24) is 10.2 Å². The van der Waals surface area contributed by atoms with Crippen LogP contribution >= 0.6 is 23.1 Å². The second kappa shape index (κ2) is 6.55. The van der Waals surface area contributed by atoms with E-state index in [0.717, 1.165) is 5.01 Å². The Hall–Kier alpha value is -1.15. The maximum absolute atomic E-state index is 11.7. The number of aryl methyl sites for hydroxylation is 1. The molecule has 0 aliphatic rings. The lowest BCUT2D eigenvalue weighted by atomic mass is 10.4. The number of esters is 1. The minimum absolute atomic E-state index is 0.153. The number of hydrogen-bond acceptors (Lipinski definition) is 7. The number of carbonyl (C=O) groups is 2. The molecule has 1 aromatic rings. The van der Waals surface area contributed by atoms with Crippen LogP contribution in [0.3, 0.4) is 0 Å². The van der Waals surface area contributed by atoms with E-state index in [1.54, 1.807) is 6.92 Å². The minimum Gasteiger partial charge on any atom is -0.468 e. The molecule has 0 saturated carbocycles. The van der Waals surface area contributed by atoms with Crippen LogP contribution in [-0.2, 0) is 14.3 Å². The maximum Gasteiger partial charge on any atom is 0.315 e. The van der Waals surface area contributed by atoms with Crippen molar-refractivity contribution in [2.24, 2.45) is 0 Å². The Morgan fingerprint density at radius 3 is 2.76 bits per heavy atom. The van der Waals surface area contributed by atoms with Gasteiger partial charge in [-0.2, -0.15) is 0 Å². The van der Waals surface area contributed by atoms with Crippen molar-refractivity contribution in [2.45, 2.75) is 19.1 Å². The summed E-state index contributed by atoms with van der Waals surface area (Å²) >= 11 is 2.52. The van der Waals surface area contributed by atoms with Gasteiger partial charge in [-0.05, 0) is 13.8 Å². The third-order valence-corrected chi connectivity index (χ3v) is 3.67. The van der Waals surface area contributed by atoms with Crippen molar-refractivity contribution in [1.29, 1.82) is 0 Å². The van der Waals surface area contributed by atoms with E-state index in [1.807, 2.05) is 6.92 Å². The molecular weight excluding hydrogens is 262 g/mol. The van der Waals surface area contributed by atoms with Gasteiger partial charge in [0.1, 0.15) is 5.01 Å². The smallest absolute Gasteiger partial charge is 0.315 e. The summed E-state index contributed by atoms with van der Waals surface area (Å²) in [5, 5.41) is 11.1. The molecule has 6 nitrogen and oxygen atoms in total. The van der Waals surface area contributed by atoms with Crippen molar-refractivity contribution >= 4 is 40.1 Å². The Labute approximate surface area is 107 Å². The van der Waals surface area contributed by atoms with Crippen LogP contribution in [0.1, 0.15) is 11.9 Å². The quantitative estimate of drug-likeness (QED) is 0.810. The Balaban J connectivity index is 2.39. The average Bonchev–Trinajstić information content (AvgIpc) is 2.70. The number of aromatic nitrogens is 2. The molecule has 0 fully saturated rings. The average molecular weight is 275 g/mol. The van der Waals surface area contributed by atoms with Crippen LogP contribution in [0.2, 0.25) is 0 Å². The van der Waals surface area contributed by atoms with Crippen LogP contribution < -0.4 is 5.32 Å². The highest BCUT2D eigenvalue weighted by Crippen LogP contribution is 2.17. The highest BCUT2D eigenvalue weighted by molar-refractivity contribution is 8.01. The number of rotatable bonds is 5. The molecule has 0 bridgehead atoms. The second-order valence-corrected chi connectivity index (χ2v) is 5.66. The van der Waals surface area contributed by atoms with Crippen molar-refractivity contribution in [3.8, 4) is 0 Å². The molecule has 0 spiro atoms. The third kappa shape index (κ3) is 4.70. The first-order valence-electron chi connectivity index (χ1n) is 4.82. The van der Waals surface area contributed by atoms with Crippen LogP contribution in [0, 0.1) is 6.92 Å². The van der Waals surface area contributed by atoms with Crippen LogP contribution in [0.4, 0.5) is 5.13 Å². The van der Waals surface area contributed by atoms with Crippen LogP contribution in [0.25, 0.3) is 0 Å². The molecule has 1 heterocycles. The van der Waals surface area contributed by atoms with E-state index in [9.17, 15) is 9.59 Å². The normalized spacial score (nSPS) is 11.9. The Morgan fingerprint density at radius 2 is 2.24 bits per heavy atom. The monoisotopic (exact) mass is 275 g/mol. The highest BCUT2D eigenvalue weighted by atomic mass is 32.2. The molecule has 0 aliphatic carbocycles. The molecule has 0 radical (unpaired) electrons. The summed E-state index contributed by atoms with van der Waals surface area (Å²) in [6, 6.07) is 0. The van der Waals surface area contributed by atoms with Crippen molar-refractivity contribution < 1.29 is 14.3 Å². The zero-order chi connectivity index (χ0) is 12.8. The highest BCUT2D eigenvalue weighted by Gasteiger charge is 2.16. The van der Waals surface area contributed by atoms with E-state index in [0.29, 0.717) is 5.13 Å². The summed E-state index contributed by atoms with van der Waals surface area (Å²) < 4.78 is 4.49. The van der Waals surface area contributed by atoms with Crippen molar-refractivity contribution in [3.05, 3.63) is 5.01 Å². The van der Waals surface area contributed by atoms with E-state index in [4.69, 9.17) is 0 Å². The van der Waals surface area contributed by atoms with Gasteiger partial charge in [-0.15, -0.1) is 22.0 Å². The number of thioether (sulfide) groups is 1. The fraction of sp³-hybridized carbons (Fsp3) is 0.556. The number of amides is 1. The van der Waals surface area contributed by atoms with Gasteiger partial charge in [0.2, 0.25) is 11.0 Å². The standard InChI is InChI=1S/C9H13N3O3S2/c1-5(16-4-7(13)15-3)8(14)10-9-12-11-6(2)17-9/h5H,4H2,1-3H3,(H,10,12,14)/t5-/m1/s1. The van der Waals surface area contributed by atoms with E-state index in [2.05, 4.69) is 20.3 Å². The molecule has 8 heteroatoms. The maximum atomic E-state index is 11.7. The molecule has 1 aromatic heterocycles. The summed E-state index contributed by atoms with van der Waals surface area (Å²) in [6.45, 7) is 3.53. The largest absolute Gasteiger partial charge is 0.468 e. The molecule has 1 N–H and O–H groups in total. The molecule has 0 saturated heterocycles. The summed E-state index contributed by atoms with van der Waals surface area (Å²) in [7, 11) is 1.32. The van der Waals surface area contributed by atoms with Gasteiger partial charge < -0.3 is 4.74 Å². The first-order valence-corrected chi connectivity index (χ1v) is 6.69. The Morgan fingerprint density at radius 1 is 1.53 bits per heavy atom. The zero-order valence-electron chi connectivity index (χ0n) is 9.72. The van der Waals surface area contributed by atoms with Gasteiger partial charge in [0.15, 0.2) is 0 Å². The minimum atomic E-state index is -0.349. The number of carbonyl (C=O) groups excluding carboxylic acids is 2. The fourth-order valence-electron chi connectivity index (χ4n) is 0.882. The van der Waals surface area contributed by atoms with Gasteiger partial charge in [-0.25, -0.2) is 0 Å². The SMILES string of the molecule is COC(=O)CS[C@H](C)C(=O)Nc1nnc(C)s1. The van der Waals surface area contributed by atoms with Crippen molar-refractivity contribution in [3.63, 3.8) is 0 Å². The van der Waals surface area contributed by atoms with Gasteiger partial charge in [0.25, 0.3) is 0 Å². The lowest BCUT2D eigenvalue weighted by Gasteiger charge is -2.08.